The minimum Gasteiger partial charge on any atom is -0.493 e. The summed E-state index contributed by atoms with van der Waals surface area (Å²) in [6, 6.07) is 4.39. The molecule has 112 valence electrons. The molecule has 0 aliphatic carbocycles. The maximum absolute atomic E-state index is 5.84. The van der Waals surface area contributed by atoms with E-state index in [0.29, 0.717) is 16.2 Å². The van der Waals surface area contributed by atoms with E-state index in [-0.39, 0.29) is 0 Å². The van der Waals surface area contributed by atoms with Crippen LogP contribution >= 0.6 is 31.9 Å². The van der Waals surface area contributed by atoms with E-state index in [0.717, 1.165) is 29.7 Å². The molecule has 0 saturated heterocycles. The smallest absolute Gasteiger partial charge is 0.127 e. The topological polar surface area (TPSA) is 9.23 Å². The van der Waals surface area contributed by atoms with Crippen LogP contribution in [0.1, 0.15) is 56.5 Å². The van der Waals surface area contributed by atoms with Crippen molar-refractivity contribution in [1.29, 1.82) is 0 Å². The zero-order valence-electron chi connectivity index (χ0n) is 12.8. The summed E-state index contributed by atoms with van der Waals surface area (Å²) < 4.78 is 6.99. The van der Waals surface area contributed by atoms with Gasteiger partial charge in [-0.25, -0.2) is 0 Å². The lowest BCUT2D eigenvalue weighted by Gasteiger charge is -2.25. The third kappa shape index (κ3) is 4.24. The van der Waals surface area contributed by atoms with Crippen LogP contribution in [-0.4, -0.2) is 6.61 Å². The molecule has 2 atom stereocenters. The van der Waals surface area contributed by atoms with Gasteiger partial charge in [0.25, 0.3) is 0 Å². The van der Waals surface area contributed by atoms with Gasteiger partial charge in [-0.3, -0.25) is 0 Å². The Kier molecular flexibility index (Phi) is 5.23. The van der Waals surface area contributed by atoms with E-state index in [1.807, 2.05) is 0 Å². The van der Waals surface area contributed by atoms with Crippen molar-refractivity contribution in [2.45, 2.75) is 51.8 Å². The largest absolute Gasteiger partial charge is 0.493 e. The molecule has 1 nitrogen and oxygen atoms in total. The molecule has 1 aliphatic heterocycles. The molecule has 2 rings (SSSR count). The van der Waals surface area contributed by atoms with Gasteiger partial charge in [0.1, 0.15) is 5.75 Å². The predicted molar refractivity (Wildman–Crippen MR) is 92.9 cm³/mol. The highest BCUT2D eigenvalue weighted by atomic mass is 79.9. The summed E-state index contributed by atoms with van der Waals surface area (Å²) in [5.41, 5.74) is 3.02. The lowest BCUT2D eigenvalue weighted by molar-refractivity contribution is 0.295. The number of ether oxygens (including phenoxy) is 1. The van der Waals surface area contributed by atoms with Crippen LogP contribution < -0.4 is 4.74 Å². The molecule has 0 spiro atoms. The van der Waals surface area contributed by atoms with E-state index in [1.54, 1.807) is 0 Å². The van der Waals surface area contributed by atoms with Gasteiger partial charge in [-0.2, -0.15) is 0 Å². The molecule has 0 radical (unpaired) electrons. The normalized spacial score (nSPS) is 17.5. The molecule has 1 aliphatic rings. The second-order valence-corrected chi connectivity index (χ2v) is 9.18. The Morgan fingerprint density at radius 2 is 2.00 bits per heavy atom. The first kappa shape index (κ1) is 16.4. The highest BCUT2D eigenvalue weighted by Crippen LogP contribution is 2.43. The van der Waals surface area contributed by atoms with Gasteiger partial charge >= 0.3 is 0 Å². The molecule has 3 heteroatoms. The number of alkyl halides is 1. The van der Waals surface area contributed by atoms with Crippen LogP contribution in [0.4, 0.5) is 0 Å². The van der Waals surface area contributed by atoms with Crippen LogP contribution in [-0.2, 0) is 6.42 Å². The van der Waals surface area contributed by atoms with Crippen LogP contribution in [0.15, 0.2) is 16.6 Å². The van der Waals surface area contributed by atoms with E-state index < -0.39 is 0 Å². The Balaban J connectivity index is 2.12. The molecule has 2 unspecified atom stereocenters. The molecule has 20 heavy (non-hydrogen) atoms. The summed E-state index contributed by atoms with van der Waals surface area (Å²) in [4.78, 5) is 0.365. The molecule has 0 bridgehead atoms. The highest BCUT2D eigenvalue weighted by molar-refractivity contribution is 9.10. The fourth-order valence-electron chi connectivity index (χ4n) is 3.14. The Morgan fingerprint density at radius 1 is 1.30 bits per heavy atom. The number of benzene rings is 1. The maximum Gasteiger partial charge on any atom is 0.127 e. The molecule has 1 aromatic carbocycles. The first-order chi connectivity index (χ1) is 9.26. The second-order valence-electron chi connectivity index (χ2n) is 7.15. The Hall–Kier alpha value is -0.0200. The van der Waals surface area contributed by atoms with Gasteiger partial charge in [0.2, 0.25) is 0 Å². The quantitative estimate of drug-likeness (QED) is 0.537. The average Bonchev–Trinajstić information content (AvgIpc) is 2.72. The van der Waals surface area contributed by atoms with Gasteiger partial charge in [-0.1, -0.05) is 59.6 Å². The first-order valence-electron chi connectivity index (χ1n) is 7.35. The molecule has 1 heterocycles. The lowest BCUT2D eigenvalue weighted by Crippen LogP contribution is -2.12. The summed E-state index contributed by atoms with van der Waals surface area (Å²) in [7, 11) is 0. The van der Waals surface area contributed by atoms with E-state index in [1.165, 1.54) is 17.5 Å². The minimum absolute atomic E-state index is 0.365. The van der Waals surface area contributed by atoms with E-state index >= 15 is 0 Å². The van der Waals surface area contributed by atoms with Gasteiger partial charge in [-0.05, 0) is 41.9 Å². The molecular formula is C17H24Br2O. The fourth-order valence-corrected chi connectivity index (χ4v) is 4.64. The van der Waals surface area contributed by atoms with Crippen molar-refractivity contribution in [3.05, 3.63) is 27.7 Å². The summed E-state index contributed by atoms with van der Waals surface area (Å²) in [5, 5.41) is 0. The summed E-state index contributed by atoms with van der Waals surface area (Å²) in [6.07, 6.45) is 3.41. The maximum atomic E-state index is 5.84. The van der Waals surface area contributed by atoms with Crippen molar-refractivity contribution in [3.63, 3.8) is 0 Å². The molecule has 0 amide bonds. The zero-order valence-corrected chi connectivity index (χ0v) is 16.0. The highest BCUT2D eigenvalue weighted by Gasteiger charge is 2.24. The van der Waals surface area contributed by atoms with Crippen molar-refractivity contribution in [1.82, 2.24) is 0 Å². The van der Waals surface area contributed by atoms with Crippen molar-refractivity contribution in [3.8, 4) is 5.75 Å². The number of rotatable bonds is 4. The third-order valence-electron chi connectivity index (χ3n) is 3.68. The van der Waals surface area contributed by atoms with Crippen LogP contribution in [0, 0.1) is 11.3 Å². The fraction of sp³-hybridized carbons (Fsp3) is 0.647. The Morgan fingerprint density at radius 3 is 2.65 bits per heavy atom. The minimum atomic E-state index is 0.365. The lowest BCUT2D eigenvalue weighted by atomic mass is 9.83. The average molecular weight is 404 g/mol. The van der Waals surface area contributed by atoms with Crippen LogP contribution in [0.2, 0.25) is 0 Å². The molecule has 0 fully saturated rings. The van der Waals surface area contributed by atoms with Gasteiger partial charge in [0, 0.05) is 21.3 Å². The SMILES string of the molecule is CC(CC(Br)c1cc(Br)cc2c1OCC2)CC(C)(C)C. The second kappa shape index (κ2) is 6.39. The van der Waals surface area contributed by atoms with Crippen LogP contribution in [0.25, 0.3) is 0 Å². The first-order valence-corrected chi connectivity index (χ1v) is 9.06. The van der Waals surface area contributed by atoms with Gasteiger partial charge in [-0.15, -0.1) is 0 Å². The Labute approximate surface area is 139 Å². The van der Waals surface area contributed by atoms with Gasteiger partial charge < -0.3 is 4.74 Å². The molecule has 1 aromatic rings. The van der Waals surface area contributed by atoms with E-state index in [2.05, 4.69) is 71.7 Å². The van der Waals surface area contributed by atoms with Crippen molar-refractivity contribution < 1.29 is 4.74 Å². The van der Waals surface area contributed by atoms with Crippen molar-refractivity contribution in [2.24, 2.45) is 11.3 Å². The van der Waals surface area contributed by atoms with Crippen LogP contribution in [0.3, 0.4) is 0 Å². The predicted octanol–water partition coefficient (Wildman–Crippen LogP) is 6.28. The summed E-state index contributed by atoms with van der Waals surface area (Å²) >= 11 is 7.50. The van der Waals surface area contributed by atoms with E-state index in [4.69, 9.17) is 4.74 Å². The monoisotopic (exact) mass is 402 g/mol. The molecule has 0 saturated carbocycles. The zero-order chi connectivity index (χ0) is 14.9. The van der Waals surface area contributed by atoms with Gasteiger partial charge in [0.05, 0.1) is 6.61 Å². The standard InChI is InChI=1S/C17H24Br2O/c1-11(10-17(2,3)4)7-15(19)14-9-13(18)8-12-5-6-20-16(12)14/h8-9,11,15H,5-7,10H2,1-4H3. The third-order valence-corrected chi connectivity index (χ3v) is 5.01. The van der Waals surface area contributed by atoms with E-state index in [9.17, 15) is 0 Å². The van der Waals surface area contributed by atoms with Gasteiger partial charge in [0.15, 0.2) is 0 Å². The van der Waals surface area contributed by atoms with Crippen molar-refractivity contribution in [2.75, 3.05) is 6.61 Å². The molecule has 0 aromatic heterocycles. The van der Waals surface area contributed by atoms with Crippen molar-refractivity contribution >= 4 is 31.9 Å². The molecular weight excluding hydrogens is 380 g/mol. The summed E-state index contributed by atoms with van der Waals surface area (Å²) in [6.45, 7) is 10.1. The number of fused-ring (bicyclic) bond motifs is 1. The van der Waals surface area contributed by atoms with Crippen LogP contribution in [0.5, 0.6) is 5.75 Å². The number of hydrogen-bond acceptors (Lipinski definition) is 1. The summed E-state index contributed by atoms with van der Waals surface area (Å²) in [5.74, 6) is 1.80. The Bertz CT molecular complexity index is 477. The number of halogens is 2. The number of hydrogen-bond donors (Lipinski definition) is 0. The molecule has 0 N–H and O–H groups in total.